The van der Waals surface area contributed by atoms with Gasteiger partial charge in [-0.25, -0.2) is 9.97 Å². The highest BCUT2D eigenvalue weighted by atomic mass is 32.1. The van der Waals surface area contributed by atoms with Crippen LogP contribution in [0.2, 0.25) is 0 Å². The molecule has 0 atom stereocenters. The van der Waals surface area contributed by atoms with Crippen molar-refractivity contribution in [2.75, 3.05) is 0 Å². The Hall–Kier alpha value is -2.47. The quantitative estimate of drug-likeness (QED) is 0.583. The molecule has 0 radical (unpaired) electrons. The van der Waals surface area contributed by atoms with Crippen molar-refractivity contribution in [3.05, 3.63) is 57.0 Å². The van der Waals surface area contributed by atoms with Gasteiger partial charge in [-0.3, -0.25) is 9.36 Å². The van der Waals surface area contributed by atoms with Crippen molar-refractivity contribution in [3.8, 4) is 0 Å². The van der Waals surface area contributed by atoms with Crippen molar-refractivity contribution in [1.29, 1.82) is 0 Å². The first kappa shape index (κ1) is 13.2. The minimum Gasteiger partial charge on any atom is -0.448 e. The molecule has 0 aliphatic heterocycles. The van der Waals surface area contributed by atoms with E-state index in [0.717, 1.165) is 22.5 Å². The molecule has 0 amide bonds. The lowest BCUT2D eigenvalue weighted by Gasteiger charge is -2.01. The molecule has 0 N–H and O–H groups in total. The largest absolute Gasteiger partial charge is 0.448 e. The van der Waals surface area contributed by atoms with Crippen molar-refractivity contribution >= 4 is 33.4 Å². The van der Waals surface area contributed by atoms with Crippen molar-refractivity contribution in [3.63, 3.8) is 0 Å². The molecule has 1 aromatic carbocycles. The topological polar surface area (TPSA) is 60.9 Å². The number of hydrogen-bond acceptors (Lipinski definition) is 5. The molecule has 0 aliphatic carbocycles. The zero-order valence-corrected chi connectivity index (χ0v) is 12.8. The van der Waals surface area contributed by atoms with Crippen LogP contribution in [0.5, 0.6) is 0 Å². The molecule has 0 fully saturated rings. The number of benzene rings is 1. The molecule has 0 saturated heterocycles. The van der Waals surface area contributed by atoms with Crippen molar-refractivity contribution in [2.45, 2.75) is 19.9 Å². The van der Waals surface area contributed by atoms with Crippen LogP contribution >= 0.6 is 11.3 Å². The predicted octanol–water partition coefficient (Wildman–Crippen LogP) is 3.21. The van der Waals surface area contributed by atoms with Crippen LogP contribution < -0.4 is 5.56 Å². The fourth-order valence-corrected chi connectivity index (χ4v) is 3.22. The summed E-state index contributed by atoms with van der Waals surface area (Å²) in [5, 5.41) is 3.91. The number of thiazole rings is 1. The Bertz CT molecular complexity index is 1030. The Balaban J connectivity index is 1.83. The number of fused-ring (bicyclic) bond motifs is 3. The number of hydrogen-bond donors (Lipinski definition) is 0. The number of aryl methyl sites for hydroxylation is 1. The summed E-state index contributed by atoms with van der Waals surface area (Å²) in [6.07, 6.45) is 2.47. The fraction of sp³-hybridized carbons (Fsp3) is 0.188. The molecule has 0 spiro atoms. The lowest BCUT2D eigenvalue weighted by Crippen LogP contribution is -2.20. The van der Waals surface area contributed by atoms with Crippen LogP contribution in [0.1, 0.15) is 17.6 Å². The van der Waals surface area contributed by atoms with E-state index in [1.165, 1.54) is 0 Å². The van der Waals surface area contributed by atoms with E-state index < -0.39 is 0 Å². The van der Waals surface area contributed by atoms with E-state index in [4.69, 9.17) is 4.42 Å². The van der Waals surface area contributed by atoms with Crippen LogP contribution in [-0.2, 0) is 13.0 Å². The normalized spacial score (nSPS) is 11.5. The van der Waals surface area contributed by atoms with E-state index in [9.17, 15) is 4.79 Å². The van der Waals surface area contributed by atoms with Gasteiger partial charge in [-0.1, -0.05) is 19.1 Å². The third-order valence-corrected chi connectivity index (χ3v) is 4.63. The lowest BCUT2D eigenvalue weighted by molar-refractivity contribution is 0.640. The van der Waals surface area contributed by atoms with E-state index in [2.05, 4.69) is 16.9 Å². The summed E-state index contributed by atoms with van der Waals surface area (Å²) in [6, 6.07) is 7.54. The van der Waals surface area contributed by atoms with Gasteiger partial charge in [0.05, 0.1) is 23.6 Å². The number of aromatic nitrogens is 3. The molecule has 4 aromatic rings. The maximum atomic E-state index is 12.6. The van der Waals surface area contributed by atoms with Crippen molar-refractivity contribution in [2.24, 2.45) is 0 Å². The Morgan fingerprint density at radius 2 is 2.18 bits per heavy atom. The second-order valence-corrected chi connectivity index (χ2v) is 5.98. The molecule has 5 nitrogen and oxygen atoms in total. The Kier molecular flexibility index (Phi) is 3.04. The first-order chi connectivity index (χ1) is 10.8. The van der Waals surface area contributed by atoms with Gasteiger partial charge in [0.15, 0.2) is 0 Å². The summed E-state index contributed by atoms with van der Waals surface area (Å²) in [5.74, 6) is 0. The van der Waals surface area contributed by atoms with Crippen LogP contribution in [0.25, 0.3) is 22.1 Å². The van der Waals surface area contributed by atoms with Crippen LogP contribution in [0.15, 0.2) is 45.2 Å². The highest BCUT2D eigenvalue weighted by molar-refractivity contribution is 7.09. The van der Waals surface area contributed by atoms with Gasteiger partial charge in [0.2, 0.25) is 5.58 Å². The van der Waals surface area contributed by atoms with Crippen molar-refractivity contribution in [1.82, 2.24) is 14.5 Å². The van der Waals surface area contributed by atoms with Gasteiger partial charge >= 0.3 is 0 Å². The van der Waals surface area contributed by atoms with Crippen LogP contribution in [0, 0.1) is 0 Å². The van der Waals surface area contributed by atoms with E-state index in [-0.39, 0.29) is 5.56 Å². The smallest absolute Gasteiger partial charge is 0.297 e. The average Bonchev–Trinajstić information content (AvgIpc) is 3.14. The monoisotopic (exact) mass is 311 g/mol. The molecule has 0 unspecified atom stereocenters. The van der Waals surface area contributed by atoms with Gasteiger partial charge in [-0.05, 0) is 18.6 Å². The third kappa shape index (κ3) is 2.03. The zero-order chi connectivity index (χ0) is 15.1. The molecule has 3 heterocycles. The molecular weight excluding hydrogens is 298 g/mol. The summed E-state index contributed by atoms with van der Waals surface area (Å²) in [4.78, 5) is 21.5. The van der Waals surface area contributed by atoms with E-state index in [1.54, 1.807) is 22.2 Å². The molecule has 0 bridgehead atoms. The maximum Gasteiger partial charge on any atom is 0.297 e. The van der Waals surface area contributed by atoms with E-state index in [1.807, 2.05) is 29.6 Å². The summed E-state index contributed by atoms with van der Waals surface area (Å²) in [6.45, 7) is 2.48. The highest BCUT2D eigenvalue weighted by Gasteiger charge is 2.13. The first-order valence-electron chi connectivity index (χ1n) is 7.06. The second-order valence-electron chi connectivity index (χ2n) is 5.04. The van der Waals surface area contributed by atoms with Crippen molar-refractivity contribution < 1.29 is 4.42 Å². The lowest BCUT2D eigenvalue weighted by atomic mass is 10.2. The number of furan rings is 1. The minimum atomic E-state index is -0.174. The minimum absolute atomic E-state index is 0.174. The zero-order valence-electron chi connectivity index (χ0n) is 11.9. The van der Waals surface area contributed by atoms with Crippen LogP contribution in [0.4, 0.5) is 0 Å². The number of nitrogens with zero attached hydrogens (tertiary/aromatic N) is 3. The SMILES string of the molecule is CCc1nc(Cn2cnc3c(oc4ccccc43)c2=O)cs1. The fourth-order valence-electron chi connectivity index (χ4n) is 2.49. The summed E-state index contributed by atoms with van der Waals surface area (Å²) >= 11 is 1.61. The van der Waals surface area contributed by atoms with Gasteiger partial charge in [0, 0.05) is 10.8 Å². The maximum absolute atomic E-state index is 12.6. The molecule has 3 aromatic heterocycles. The molecule has 4 rings (SSSR count). The summed E-state index contributed by atoms with van der Waals surface area (Å²) < 4.78 is 7.22. The standard InChI is InChI=1S/C16H13N3O2S/c1-2-13-18-10(8-22-13)7-19-9-17-14-11-5-3-4-6-12(11)21-15(14)16(19)20/h3-6,8-9H,2,7H2,1H3. The molecular formula is C16H13N3O2S. The molecule has 0 saturated carbocycles. The Morgan fingerprint density at radius 1 is 1.32 bits per heavy atom. The molecule has 0 aliphatic rings. The van der Waals surface area contributed by atoms with Gasteiger partial charge in [0.1, 0.15) is 11.1 Å². The Labute approximate surface area is 129 Å². The van der Waals surface area contributed by atoms with Gasteiger partial charge in [-0.2, -0.15) is 0 Å². The molecule has 110 valence electrons. The summed E-state index contributed by atoms with van der Waals surface area (Å²) in [7, 11) is 0. The van der Waals surface area contributed by atoms with Gasteiger partial charge < -0.3 is 4.42 Å². The number of para-hydroxylation sites is 1. The highest BCUT2D eigenvalue weighted by Crippen LogP contribution is 2.24. The predicted molar refractivity (Wildman–Crippen MR) is 86.4 cm³/mol. The third-order valence-electron chi connectivity index (χ3n) is 3.58. The molecule has 22 heavy (non-hydrogen) atoms. The van der Waals surface area contributed by atoms with Crippen LogP contribution in [-0.4, -0.2) is 14.5 Å². The average molecular weight is 311 g/mol. The number of rotatable bonds is 3. The Morgan fingerprint density at radius 3 is 3.00 bits per heavy atom. The van der Waals surface area contributed by atoms with Crippen LogP contribution in [0.3, 0.4) is 0 Å². The van der Waals surface area contributed by atoms with E-state index >= 15 is 0 Å². The second kappa shape index (κ2) is 5.06. The first-order valence-corrected chi connectivity index (χ1v) is 7.94. The summed E-state index contributed by atoms with van der Waals surface area (Å²) in [5.41, 5.74) is 2.30. The van der Waals surface area contributed by atoms with Gasteiger partial charge in [0.25, 0.3) is 5.56 Å². The van der Waals surface area contributed by atoms with Gasteiger partial charge in [-0.15, -0.1) is 11.3 Å². The molecule has 6 heteroatoms. The van der Waals surface area contributed by atoms with E-state index in [0.29, 0.717) is 23.2 Å².